The number of para-hydroxylation sites is 1. The van der Waals surface area contributed by atoms with Crippen LogP contribution in [0.15, 0.2) is 48.5 Å². The molecule has 2 heterocycles. The van der Waals surface area contributed by atoms with Crippen molar-refractivity contribution >= 4 is 28.9 Å². The van der Waals surface area contributed by atoms with E-state index in [1.165, 1.54) is 5.56 Å². The Morgan fingerprint density at radius 2 is 1.80 bits per heavy atom. The zero-order chi connectivity index (χ0) is 17.2. The Balaban J connectivity index is 1.44. The van der Waals surface area contributed by atoms with Gasteiger partial charge in [-0.2, -0.15) is 0 Å². The van der Waals surface area contributed by atoms with Crippen LogP contribution in [-0.4, -0.2) is 25.5 Å². The molecule has 4 rings (SSSR count). The summed E-state index contributed by atoms with van der Waals surface area (Å²) in [6.45, 7) is 2.67. The Morgan fingerprint density at radius 3 is 2.60 bits per heavy atom. The van der Waals surface area contributed by atoms with Crippen LogP contribution in [0.4, 0.5) is 11.4 Å². The van der Waals surface area contributed by atoms with Crippen LogP contribution in [0.2, 0.25) is 5.02 Å². The number of piperidine rings is 1. The van der Waals surface area contributed by atoms with Gasteiger partial charge in [0.2, 0.25) is 5.91 Å². The van der Waals surface area contributed by atoms with Crippen LogP contribution >= 0.6 is 11.6 Å². The van der Waals surface area contributed by atoms with E-state index in [0.29, 0.717) is 5.91 Å². The molecule has 0 atom stereocenters. The number of fused-ring (bicyclic) bond motifs is 1. The molecule has 130 valence electrons. The van der Waals surface area contributed by atoms with Gasteiger partial charge >= 0.3 is 0 Å². The van der Waals surface area contributed by atoms with Gasteiger partial charge in [0.05, 0.1) is 0 Å². The molecule has 2 aromatic carbocycles. The minimum atomic E-state index is 0.126. The number of carbonyl (C=O) groups is 1. The highest BCUT2D eigenvalue weighted by molar-refractivity contribution is 6.30. The summed E-state index contributed by atoms with van der Waals surface area (Å²) in [5.41, 5.74) is 3.58. The van der Waals surface area contributed by atoms with Crippen molar-refractivity contribution in [2.45, 2.75) is 25.7 Å². The van der Waals surface area contributed by atoms with Crippen molar-refractivity contribution in [3.05, 3.63) is 59.1 Å². The average Bonchev–Trinajstić information content (AvgIpc) is 2.67. The Labute approximate surface area is 154 Å². The molecule has 0 radical (unpaired) electrons. The molecule has 2 aliphatic heterocycles. The lowest BCUT2D eigenvalue weighted by Crippen LogP contribution is -2.44. The van der Waals surface area contributed by atoms with Crippen LogP contribution in [0, 0.1) is 5.92 Å². The summed E-state index contributed by atoms with van der Waals surface area (Å²) in [6, 6.07) is 16.3. The van der Waals surface area contributed by atoms with Crippen LogP contribution in [0.3, 0.4) is 0 Å². The van der Waals surface area contributed by atoms with E-state index in [1.807, 2.05) is 29.2 Å². The van der Waals surface area contributed by atoms with Gasteiger partial charge in [0.15, 0.2) is 0 Å². The van der Waals surface area contributed by atoms with Crippen LogP contribution in [-0.2, 0) is 11.2 Å². The summed E-state index contributed by atoms with van der Waals surface area (Å²) in [6.07, 6.45) is 3.95. The molecule has 4 heteroatoms. The van der Waals surface area contributed by atoms with Gasteiger partial charge < -0.3 is 9.80 Å². The summed E-state index contributed by atoms with van der Waals surface area (Å²) in [4.78, 5) is 17.5. The molecule has 1 saturated heterocycles. The maximum Gasteiger partial charge on any atom is 0.230 e. The maximum absolute atomic E-state index is 13.1. The fourth-order valence-corrected chi connectivity index (χ4v) is 4.22. The molecule has 2 aliphatic rings. The van der Waals surface area contributed by atoms with Crippen molar-refractivity contribution in [2.24, 2.45) is 5.92 Å². The van der Waals surface area contributed by atoms with E-state index in [4.69, 9.17) is 11.6 Å². The minimum Gasteiger partial charge on any atom is -0.371 e. The number of hydrogen-bond acceptors (Lipinski definition) is 2. The van der Waals surface area contributed by atoms with Crippen molar-refractivity contribution in [3.8, 4) is 0 Å². The molecule has 2 aromatic rings. The third-order valence-corrected chi connectivity index (χ3v) is 5.63. The lowest BCUT2D eigenvalue weighted by atomic mass is 9.93. The Morgan fingerprint density at radius 1 is 1.00 bits per heavy atom. The van der Waals surface area contributed by atoms with Crippen LogP contribution in [0.1, 0.15) is 24.8 Å². The standard InChI is InChI=1S/C21H23ClN2O/c22-18-7-3-8-19(15-18)23-13-10-17(11-14-23)21(25)24-12-4-6-16-5-1-2-9-20(16)24/h1-3,5,7-9,15,17H,4,6,10-14H2. The molecule has 0 aromatic heterocycles. The van der Waals surface area contributed by atoms with Gasteiger partial charge in [0.25, 0.3) is 0 Å². The zero-order valence-corrected chi connectivity index (χ0v) is 15.1. The van der Waals surface area contributed by atoms with E-state index in [9.17, 15) is 4.79 Å². The molecule has 25 heavy (non-hydrogen) atoms. The third-order valence-electron chi connectivity index (χ3n) is 5.39. The van der Waals surface area contributed by atoms with E-state index in [-0.39, 0.29) is 5.92 Å². The maximum atomic E-state index is 13.1. The molecule has 0 spiro atoms. The van der Waals surface area contributed by atoms with Crippen molar-refractivity contribution in [1.82, 2.24) is 0 Å². The van der Waals surface area contributed by atoms with E-state index < -0.39 is 0 Å². The number of halogens is 1. The lowest BCUT2D eigenvalue weighted by molar-refractivity contribution is -0.123. The fourth-order valence-electron chi connectivity index (χ4n) is 4.04. The van der Waals surface area contributed by atoms with E-state index >= 15 is 0 Å². The first-order valence-electron chi connectivity index (χ1n) is 9.12. The topological polar surface area (TPSA) is 23.6 Å². The predicted octanol–water partition coefficient (Wildman–Crippen LogP) is 4.54. The molecule has 0 N–H and O–H groups in total. The summed E-state index contributed by atoms with van der Waals surface area (Å²) < 4.78 is 0. The molecular formula is C21H23ClN2O. The second-order valence-electron chi connectivity index (χ2n) is 6.96. The first-order valence-corrected chi connectivity index (χ1v) is 9.50. The van der Waals surface area contributed by atoms with Crippen molar-refractivity contribution in [2.75, 3.05) is 29.4 Å². The summed E-state index contributed by atoms with van der Waals surface area (Å²) in [5, 5.41) is 0.764. The van der Waals surface area contributed by atoms with E-state index in [0.717, 1.165) is 61.7 Å². The number of nitrogens with zero attached hydrogens (tertiary/aromatic N) is 2. The Hall–Kier alpha value is -2.00. The third kappa shape index (κ3) is 3.38. The normalized spacial score (nSPS) is 18.1. The lowest BCUT2D eigenvalue weighted by Gasteiger charge is -2.37. The van der Waals surface area contributed by atoms with Gasteiger partial charge in [-0.15, -0.1) is 0 Å². The van der Waals surface area contributed by atoms with Gasteiger partial charge in [-0.25, -0.2) is 0 Å². The monoisotopic (exact) mass is 354 g/mol. The van der Waals surface area contributed by atoms with Gasteiger partial charge in [0.1, 0.15) is 0 Å². The highest BCUT2D eigenvalue weighted by Crippen LogP contribution is 2.31. The number of rotatable bonds is 2. The van der Waals surface area contributed by atoms with Crippen LogP contribution in [0.5, 0.6) is 0 Å². The van der Waals surface area contributed by atoms with Crippen molar-refractivity contribution in [1.29, 1.82) is 0 Å². The number of aryl methyl sites for hydroxylation is 1. The highest BCUT2D eigenvalue weighted by atomic mass is 35.5. The number of anilines is 2. The summed E-state index contributed by atoms with van der Waals surface area (Å²) in [5.74, 6) is 0.430. The number of carbonyl (C=O) groups excluding carboxylic acids is 1. The first-order chi connectivity index (χ1) is 12.2. The van der Waals surface area contributed by atoms with Gasteiger partial charge in [-0.05, 0) is 55.5 Å². The summed E-state index contributed by atoms with van der Waals surface area (Å²) in [7, 11) is 0. The van der Waals surface area contributed by atoms with Crippen LogP contribution < -0.4 is 9.80 Å². The van der Waals surface area contributed by atoms with Gasteiger partial charge in [-0.1, -0.05) is 35.9 Å². The number of hydrogen-bond donors (Lipinski definition) is 0. The molecular weight excluding hydrogens is 332 g/mol. The van der Waals surface area contributed by atoms with Gasteiger partial charge in [-0.3, -0.25) is 4.79 Å². The summed E-state index contributed by atoms with van der Waals surface area (Å²) >= 11 is 6.11. The molecule has 0 bridgehead atoms. The molecule has 1 amide bonds. The molecule has 3 nitrogen and oxygen atoms in total. The highest BCUT2D eigenvalue weighted by Gasteiger charge is 2.31. The fraction of sp³-hybridized carbons (Fsp3) is 0.381. The van der Waals surface area contributed by atoms with E-state index in [2.05, 4.69) is 29.2 Å². The Bertz CT molecular complexity index is 768. The SMILES string of the molecule is O=C(C1CCN(c2cccc(Cl)c2)CC1)N1CCCc2ccccc21. The molecule has 1 fully saturated rings. The Kier molecular flexibility index (Phi) is 4.67. The number of amides is 1. The predicted molar refractivity (Wildman–Crippen MR) is 104 cm³/mol. The van der Waals surface area contributed by atoms with Gasteiger partial charge in [0, 0.05) is 41.9 Å². The number of benzene rings is 2. The van der Waals surface area contributed by atoms with E-state index in [1.54, 1.807) is 0 Å². The largest absolute Gasteiger partial charge is 0.371 e. The average molecular weight is 355 g/mol. The molecule has 0 aliphatic carbocycles. The second kappa shape index (κ2) is 7.09. The second-order valence-corrected chi connectivity index (χ2v) is 7.40. The van der Waals surface area contributed by atoms with Crippen molar-refractivity contribution < 1.29 is 4.79 Å². The molecule has 0 unspecified atom stereocenters. The minimum absolute atomic E-state index is 0.126. The zero-order valence-electron chi connectivity index (χ0n) is 14.3. The molecule has 0 saturated carbocycles. The first kappa shape index (κ1) is 16.5. The van der Waals surface area contributed by atoms with Crippen molar-refractivity contribution in [3.63, 3.8) is 0 Å². The quantitative estimate of drug-likeness (QED) is 0.790. The van der Waals surface area contributed by atoms with Crippen LogP contribution in [0.25, 0.3) is 0 Å². The smallest absolute Gasteiger partial charge is 0.230 e.